The molecule has 0 saturated carbocycles. The Morgan fingerprint density at radius 2 is 2.09 bits per heavy atom. The van der Waals surface area contributed by atoms with E-state index in [0.29, 0.717) is 5.76 Å². The summed E-state index contributed by atoms with van der Waals surface area (Å²) in [6.45, 7) is 5.41. The van der Waals surface area contributed by atoms with Crippen LogP contribution in [0.3, 0.4) is 0 Å². The zero-order valence-electron chi connectivity index (χ0n) is 13.4. The molecule has 7 heteroatoms. The number of hydrogen-bond donors (Lipinski definition) is 1. The van der Waals surface area contributed by atoms with Gasteiger partial charge in [0.2, 0.25) is 0 Å². The molecule has 1 aromatic carbocycles. The predicted molar refractivity (Wildman–Crippen MR) is 83.7 cm³/mol. The van der Waals surface area contributed by atoms with Crippen molar-refractivity contribution >= 4 is 11.6 Å². The highest BCUT2D eigenvalue weighted by molar-refractivity contribution is 5.99. The molecule has 0 radical (unpaired) electrons. The zero-order chi connectivity index (χ0) is 17.1. The Morgan fingerprint density at radius 3 is 2.61 bits per heavy atom. The van der Waals surface area contributed by atoms with Crippen molar-refractivity contribution in [1.82, 2.24) is 5.32 Å². The molecule has 1 N–H and O–H groups in total. The number of para-hydroxylation sites is 1. The molecule has 0 spiro atoms. The Balaban J connectivity index is 2.31. The van der Waals surface area contributed by atoms with Gasteiger partial charge in [0, 0.05) is 5.56 Å². The van der Waals surface area contributed by atoms with Crippen LogP contribution in [0.25, 0.3) is 0 Å². The summed E-state index contributed by atoms with van der Waals surface area (Å²) in [4.78, 5) is 23.1. The van der Waals surface area contributed by atoms with Gasteiger partial charge in [0.1, 0.15) is 17.1 Å². The van der Waals surface area contributed by atoms with E-state index < -0.39 is 10.8 Å². The number of carbonyl (C=O) groups excluding carboxylic acids is 1. The van der Waals surface area contributed by atoms with Gasteiger partial charge in [-0.1, -0.05) is 6.07 Å². The van der Waals surface area contributed by atoms with Crippen molar-refractivity contribution < 1.29 is 18.9 Å². The lowest BCUT2D eigenvalue weighted by atomic mass is 10.1. The van der Waals surface area contributed by atoms with Gasteiger partial charge in [0.05, 0.1) is 18.1 Å². The van der Waals surface area contributed by atoms with Crippen molar-refractivity contribution in [3.05, 3.63) is 57.0 Å². The maximum Gasteiger partial charge on any atom is 0.323 e. The van der Waals surface area contributed by atoms with Crippen molar-refractivity contribution in [2.45, 2.75) is 26.8 Å². The number of methoxy groups -OCH3 is 1. The lowest BCUT2D eigenvalue weighted by molar-refractivity contribution is -0.386. The average molecular weight is 318 g/mol. The molecule has 0 bridgehead atoms. The van der Waals surface area contributed by atoms with E-state index in [1.807, 2.05) is 13.0 Å². The van der Waals surface area contributed by atoms with Gasteiger partial charge in [-0.15, -0.1) is 0 Å². The van der Waals surface area contributed by atoms with Crippen LogP contribution in [0.4, 0.5) is 5.69 Å². The summed E-state index contributed by atoms with van der Waals surface area (Å²) < 4.78 is 10.4. The minimum Gasteiger partial charge on any atom is -0.490 e. The van der Waals surface area contributed by atoms with Crippen LogP contribution in [0.5, 0.6) is 5.75 Å². The van der Waals surface area contributed by atoms with Gasteiger partial charge in [0.25, 0.3) is 5.91 Å². The number of rotatable bonds is 5. The number of hydrogen-bond acceptors (Lipinski definition) is 5. The number of carbonyl (C=O) groups is 1. The highest BCUT2D eigenvalue weighted by atomic mass is 16.6. The molecule has 0 aliphatic rings. The quantitative estimate of drug-likeness (QED) is 0.674. The first kappa shape index (κ1) is 16.5. The Morgan fingerprint density at radius 1 is 1.39 bits per heavy atom. The maximum absolute atomic E-state index is 12.4. The number of nitro benzene ring substituents is 1. The molecule has 1 heterocycles. The Kier molecular flexibility index (Phi) is 4.68. The van der Waals surface area contributed by atoms with E-state index in [1.54, 1.807) is 19.9 Å². The summed E-state index contributed by atoms with van der Waals surface area (Å²) in [5.41, 5.74) is 0.445. The molecule has 122 valence electrons. The molecule has 1 amide bonds. The number of nitro groups is 1. The molecule has 2 rings (SSSR count). The molecular weight excluding hydrogens is 300 g/mol. The first-order valence-electron chi connectivity index (χ1n) is 7.04. The number of ether oxygens (including phenoxy) is 1. The zero-order valence-corrected chi connectivity index (χ0v) is 13.4. The van der Waals surface area contributed by atoms with Gasteiger partial charge in [-0.2, -0.15) is 0 Å². The SMILES string of the molecule is COc1cccc(C(=O)N[C@H](C)c2cc(C)oc2C)c1[N+](=O)[O-]. The summed E-state index contributed by atoms with van der Waals surface area (Å²) in [5.74, 6) is 0.952. The summed E-state index contributed by atoms with van der Waals surface area (Å²) in [5, 5.41) is 14.0. The summed E-state index contributed by atoms with van der Waals surface area (Å²) >= 11 is 0. The van der Waals surface area contributed by atoms with Crippen LogP contribution in [0.15, 0.2) is 28.7 Å². The van der Waals surface area contributed by atoms with E-state index in [9.17, 15) is 14.9 Å². The molecular formula is C16H18N2O5. The van der Waals surface area contributed by atoms with E-state index >= 15 is 0 Å². The van der Waals surface area contributed by atoms with Crippen molar-refractivity contribution in [3.8, 4) is 5.75 Å². The van der Waals surface area contributed by atoms with Crippen LogP contribution >= 0.6 is 0 Å². The topological polar surface area (TPSA) is 94.6 Å². The standard InChI is InChI=1S/C16H18N2O5/c1-9-8-13(11(3)23-9)10(2)17-16(19)12-6-5-7-14(22-4)15(12)18(20)21/h5-8,10H,1-4H3,(H,17,19)/t10-/m1/s1. The Labute approximate surface area is 133 Å². The minimum absolute atomic E-state index is 0.0425. The number of furan rings is 1. The Bertz CT molecular complexity index is 751. The molecule has 0 aliphatic heterocycles. The molecule has 0 aliphatic carbocycles. The van der Waals surface area contributed by atoms with Crippen molar-refractivity contribution in [2.75, 3.05) is 7.11 Å². The van der Waals surface area contributed by atoms with E-state index in [1.165, 1.54) is 19.2 Å². The first-order chi connectivity index (χ1) is 10.8. The number of nitrogens with one attached hydrogen (secondary N) is 1. The number of nitrogens with zero attached hydrogens (tertiary/aromatic N) is 1. The molecule has 0 fully saturated rings. The van der Waals surface area contributed by atoms with Crippen LogP contribution in [0, 0.1) is 24.0 Å². The molecule has 1 aromatic heterocycles. The highest BCUT2D eigenvalue weighted by Crippen LogP contribution is 2.31. The van der Waals surface area contributed by atoms with Crippen LogP contribution in [-0.2, 0) is 0 Å². The monoisotopic (exact) mass is 318 g/mol. The summed E-state index contributed by atoms with van der Waals surface area (Å²) in [7, 11) is 1.32. The molecule has 0 saturated heterocycles. The number of aryl methyl sites for hydroxylation is 2. The average Bonchev–Trinajstić information content (AvgIpc) is 2.84. The van der Waals surface area contributed by atoms with Crippen molar-refractivity contribution in [3.63, 3.8) is 0 Å². The molecule has 2 aromatic rings. The number of amides is 1. The fourth-order valence-electron chi connectivity index (χ4n) is 2.49. The largest absolute Gasteiger partial charge is 0.490 e. The van der Waals surface area contributed by atoms with E-state index in [4.69, 9.17) is 9.15 Å². The minimum atomic E-state index is -0.619. The van der Waals surface area contributed by atoms with Crippen molar-refractivity contribution in [1.29, 1.82) is 0 Å². The van der Waals surface area contributed by atoms with Gasteiger partial charge in [-0.05, 0) is 39.0 Å². The molecule has 0 unspecified atom stereocenters. The normalized spacial score (nSPS) is 11.8. The second-order valence-electron chi connectivity index (χ2n) is 5.18. The summed E-state index contributed by atoms with van der Waals surface area (Å²) in [6, 6.07) is 5.88. The second-order valence-corrected chi connectivity index (χ2v) is 5.18. The molecule has 1 atom stereocenters. The highest BCUT2D eigenvalue weighted by Gasteiger charge is 2.26. The Hall–Kier alpha value is -2.83. The molecule has 7 nitrogen and oxygen atoms in total. The fourth-order valence-corrected chi connectivity index (χ4v) is 2.49. The third-order valence-corrected chi connectivity index (χ3v) is 3.54. The van der Waals surface area contributed by atoms with E-state index in [0.717, 1.165) is 11.3 Å². The van der Waals surface area contributed by atoms with Crippen LogP contribution in [-0.4, -0.2) is 17.9 Å². The third-order valence-electron chi connectivity index (χ3n) is 3.54. The molecule has 23 heavy (non-hydrogen) atoms. The van der Waals surface area contributed by atoms with Crippen LogP contribution < -0.4 is 10.1 Å². The van der Waals surface area contributed by atoms with Gasteiger partial charge < -0.3 is 14.5 Å². The maximum atomic E-state index is 12.4. The fraction of sp³-hybridized carbons (Fsp3) is 0.312. The second kappa shape index (κ2) is 6.51. The first-order valence-corrected chi connectivity index (χ1v) is 7.04. The van der Waals surface area contributed by atoms with Gasteiger partial charge >= 0.3 is 5.69 Å². The summed E-state index contributed by atoms with van der Waals surface area (Å²) in [6.07, 6.45) is 0. The van der Waals surface area contributed by atoms with Gasteiger partial charge in [-0.3, -0.25) is 14.9 Å². The third kappa shape index (κ3) is 3.33. The van der Waals surface area contributed by atoms with Crippen LogP contribution in [0.1, 0.15) is 40.4 Å². The van der Waals surface area contributed by atoms with Gasteiger partial charge in [0.15, 0.2) is 5.75 Å². The van der Waals surface area contributed by atoms with Crippen LogP contribution in [0.2, 0.25) is 0 Å². The smallest absolute Gasteiger partial charge is 0.323 e. The lowest BCUT2D eigenvalue weighted by Gasteiger charge is -2.14. The van der Waals surface area contributed by atoms with E-state index in [2.05, 4.69) is 5.32 Å². The lowest BCUT2D eigenvalue weighted by Crippen LogP contribution is -2.27. The number of benzene rings is 1. The van der Waals surface area contributed by atoms with Crippen molar-refractivity contribution in [2.24, 2.45) is 0 Å². The van der Waals surface area contributed by atoms with Gasteiger partial charge in [-0.25, -0.2) is 0 Å². The predicted octanol–water partition coefficient (Wildman–Crippen LogP) is 3.30. The van der Waals surface area contributed by atoms with E-state index in [-0.39, 0.29) is 23.0 Å².